The summed E-state index contributed by atoms with van der Waals surface area (Å²) in [7, 11) is 0. The third-order valence-corrected chi connectivity index (χ3v) is 4.46. The Labute approximate surface area is 143 Å². The van der Waals surface area contributed by atoms with Crippen LogP contribution < -0.4 is 5.32 Å². The number of aromatic nitrogens is 1. The molecule has 0 radical (unpaired) electrons. The first-order valence-electron chi connectivity index (χ1n) is 7.87. The van der Waals surface area contributed by atoms with Crippen molar-refractivity contribution >= 4 is 5.91 Å². The lowest BCUT2D eigenvalue weighted by atomic mass is 9.91. The van der Waals surface area contributed by atoms with Gasteiger partial charge in [-0.15, -0.1) is 0 Å². The van der Waals surface area contributed by atoms with Crippen LogP contribution in [-0.4, -0.2) is 10.9 Å². The summed E-state index contributed by atoms with van der Waals surface area (Å²) in [6, 6.07) is 10.7. The maximum absolute atomic E-state index is 14.2. The van der Waals surface area contributed by atoms with Crippen molar-refractivity contribution in [2.45, 2.75) is 13.5 Å². The van der Waals surface area contributed by atoms with Gasteiger partial charge in [0.1, 0.15) is 11.6 Å². The van der Waals surface area contributed by atoms with Crippen molar-refractivity contribution in [1.29, 1.82) is 0 Å². The highest BCUT2D eigenvalue weighted by molar-refractivity contribution is 6.02. The van der Waals surface area contributed by atoms with Crippen LogP contribution in [0.3, 0.4) is 0 Å². The van der Waals surface area contributed by atoms with Gasteiger partial charge in [0, 0.05) is 41.2 Å². The number of amides is 1. The van der Waals surface area contributed by atoms with Gasteiger partial charge in [-0.05, 0) is 53.9 Å². The molecule has 4 rings (SSSR count). The Bertz CT molecular complexity index is 1010. The van der Waals surface area contributed by atoms with E-state index >= 15 is 0 Å². The predicted octanol–water partition coefficient (Wildman–Crippen LogP) is 4.25. The SMILES string of the molecule is Cc1ncccc1-c1cc(-c2ccc(F)cc2F)cc2c1CNC2=O. The Balaban J connectivity index is 1.99. The third-order valence-electron chi connectivity index (χ3n) is 4.46. The van der Waals surface area contributed by atoms with Gasteiger partial charge in [-0.25, -0.2) is 8.78 Å². The van der Waals surface area contributed by atoms with Gasteiger partial charge in [-0.3, -0.25) is 9.78 Å². The molecule has 124 valence electrons. The van der Waals surface area contributed by atoms with Gasteiger partial charge in [-0.2, -0.15) is 0 Å². The molecule has 0 fully saturated rings. The minimum atomic E-state index is -0.660. The summed E-state index contributed by atoms with van der Waals surface area (Å²) in [6.45, 7) is 2.31. The van der Waals surface area contributed by atoms with Crippen LogP contribution in [0.1, 0.15) is 21.6 Å². The summed E-state index contributed by atoms with van der Waals surface area (Å²) in [5.41, 5.74) is 4.71. The van der Waals surface area contributed by atoms with Crippen molar-refractivity contribution < 1.29 is 13.6 Å². The van der Waals surface area contributed by atoms with Crippen molar-refractivity contribution in [2.24, 2.45) is 0 Å². The highest BCUT2D eigenvalue weighted by atomic mass is 19.1. The van der Waals surface area contributed by atoms with E-state index in [0.717, 1.165) is 28.5 Å². The van der Waals surface area contributed by atoms with Gasteiger partial charge in [0.25, 0.3) is 5.91 Å². The van der Waals surface area contributed by atoms with Crippen LogP contribution in [0, 0.1) is 18.6 Å². The molecule has 1 aliphatic heterocycles. The second-order valence-corrected chi connectivity index (χ2v) is 5.99. The van der Waals surface area contributed by atoms with Crippen LogP contribution in [0.25, 0.3) is 22.3 Å². The molecule has 3 aromatic rings. The molecule has 2 aromatic carbocycles. The van der Waals surface area contributed by atoms with E-state index in [1.807, 2.05) is 25.1 Å². The van der Waals surface area contributed by atoms with Gasteiger partial charge in [0.15, 0.2) is 0 Å². The van der Waals surface area contributed by atoms with Crippen molar-refractivity contribution in [3.8, 4) is 22.3 Å². The fraction of sp³-hybridized carbons (Fsp3) is 0.100. The van der Waals surface area contributed by atoms with Crippen LogP contribution in [0.5, 0.6) is 0 Å². The van der Waals surface area contributed by atoms with Gasteiger partial charge in [0.05, 0.1) is 0 Å². The Morgan fingerprint density at radius 3 is 2.56 bits per heavy atom. The molecule has 0 atom stereocenters. The average Bonchev–Trinajstić information content (AvgIpc) is 2.96. The van der Waals surface area contributed by atoms with E-state index in [9.17, 15) is 13.6 Å². The third kappa shape index (κ3) is 2.58. The summed E-state index contributed by atoms with van der Waals surface area (Å²) >= 11 is 0. The Morgan fingerprint density at radius 1 is 1.00 bits per heavy atom. The number of carbonyl (C=O) groups is 1. The van der Waals surface area contributed by atoms with Crippen molar-refractivity contribution in [3.63, 3.8) is 0 Å². The molecule has 1 N–H and O–H groups in total. The largest absolute Gasteiger partial charge is 0.348 e. The second-order valence-electron chi connectivity index (χ2n) is 5.99. The average molecular weight is 336 g/mol. The number of hydrogen-bond acceptors (Lipinski definition) is 2. The number of rotatable bonds is 2. The summed E-state index contributed by atoms with van der Waals surface area (Å²) < 4.78 is 27.5. The van der Waals surface area contributed by atoms with Crippen LogP contribution >= 0.6 is 0 Å². The maximum Gasteiger partial charge on any atom is 0.251 e. The first-order chi connectivity index (χ1) is 12.0. The highest BCUT2D eigenvalue weighted by Gasteiger charge is 2.25. The minimum Gasteiger partial charge on any atom is -0.348 e. The number of carbonyl (C=O) groups excluding carboxylic acids is 1. The lowest BCUT2D eigenvalue weighted by Gasteiger charge is -2.13. The summed E-state index contributed by atoms with van der Waals surface area (Å²) in [6.07, 6.45) is 1.70. The predicted molar refractivity (Wildman–Crippen MR) is 90.9 cm³/mol. The number of benzene rings is 2. The highest BCUT2D eigenvalue weighted by Crippen LogP contribution is 2.36. The van der Waals surface area contributed by atoms with Gasteiger partial charge < -0.3 is 5.32 Å². The molecule has 1 aliphatic rings. The lowest BCUT2D eigenvalue weighted by molar-refractivity contribution is 0.0966. The smallest absolute Gasteiger partial charge is 0.251 e. The quantitative estimate of drug-likeness (QED) is 0.760. The first kappa shape index (κ1) is 15.4. The minimum absolute atomic E-state index is 0.192. The Hall–Kier alpha value is -3.08. The molecular formula is C20H14F2N2O. The van der Waals surface area contributed by atoms with Gasteiger partial charge >= 0.3 is 0 Å². The molecule has 0 bridgehead atoms. The van der Waals surface area contributed by atoms with Crippen molar-refractivity contribution in [2.75, 3.05) is 0 Å². The standard InChI is InChI=1S/C20H14F2N2O/c1-11-14(3-2-6-23-11)16-7-12(8-17-18(16)10-24-20(17)25)15-5-4-13(21)9-19(15)22/h2-9H,10H2,1H3,(H,24,25). The van der Waals surface area contributed by atoms with Crippen molar-refractivity contribution in [1.82, 2.24) is 10.3 Å². The maximum atomic E-state index is 14.2. The van der Waals surface area contributed by atoms with Crippen LogP contribution in [-0.2, 0) is 6.54 Å². The Kier molecular flexibility index (Phi) is 3.57. The van der Waals surface area contributed by atoms with Crippen molar-refractivity contribution in [3.05, 3.63) is 77.1 Å². The number of hydrogen-bond donors (Lipinski definition) is 1. The van der Waals surface area contributed by atoms with E-state index in [-0.39, 0.29) is 11.5 Å². The normalized spacial score (nSPS) is 12.8. The Morgan fingerprint density at radius 2 is 1.80 bits per heavy atom. The fourth-order valence-corrected chi connectivity index (χ4v) is 3.22. The monoisotopic (exact) mass is 336 g/mol. The number of nitrogens with zero attached hydrogens (tertiary/aromatic N) is 1. The van der Waals surface area contributed by atoms with E-state index in [1.54, 1.807) is 12.3 Å². The zero-order chi connectivity index (χ0) is 17.6. The number of aryl methyl sites for hydroxylation is 1. The molecular weight excluding hydrogens is 322 g/mol. The number of nitrogens with one attached hydrogen (secondary N) is 1. The van der Waals surface area contributed by atoms with Crippen LogP contribution in [0.2, 0.25) is 0 Å². The molecule has 0 spiro atoms. The van der Waals surface area contributed by atoms with E-state index in [4.69, 9.17) is 0 Å². The molecule has 25 heavy (non-hydrogen) atoms. The zero-order valence-corrected chi connectivity index (χ0v) is 13.4. The molecule has 2 heterocycles. The van der Waals surface area contributed by atoms with E-state index < -0.39 is 11.6 Å². The molecule has 0 saturated heterocycles. The zero-order valence-electron chi connectivity index (χ0n) is 13.4. The van der Waals surface area contributed by atoms with E-state index in [1.165, 1.54) is 12.1 Å². The molecule has 1 amide bonds. The van der Waals surface area contributed by atoms with Crippen LogP contribution in [0.15, 0.2) is 48.7 Å². The fourth-order valence-electron chi connectivity index (χ4n) is 3.22. The van der Waals surface area contributed by atoms with Crippen LogP contribution in [0.4, 0.5) is 8.78 Å². The molecule has 0 saturated carbocycles. The molecule has 0 aliphatic carbocycles. The summed E-state index contributed by atoms with van der Waals surface area (Å²) in [5, 5.41) is 2.80. The molecule has 3 nitrogen and oxygen atoms in total. The molecule has 5 heteroatoms. The van der Waals surface area contributed by atoms with Gasteiger partial charge in [-0.1, -0.05) is 6.07 Å². The van der Waals surface area contributed by atoms with Gasteiger partial charge in [0.2, 0.25) is 0 Å². The first-order valence-corrected chi connectivity index (χ1v) is 7.87. The van der Waals surface area contributed by atoms with E-state index in [0.29, 0.717) is 17.7 Å². The number of halogens is 2. The summed E-state index contributed by atoms with van der Waals surface area (Å²) in [5.74, 6) is -1.49. The number of pyridine rings is 1. The topological polar surface area (TPSA) is 42.0 Å². The lowest BCUT2D eigenvalue weighted by Crippen LogP contribution is -2.12. The second kappa shape index (κ2) is 5.77. The van der Waals surface area contributed by atoms with E-state index in [2.05, 4.69) is 10.3 Å². The summed E-state index contributed by atoms with van der Waals surface area (Å²) in [4.78, 5) is 16.5. The molecule has 1 aromatic heterocycles. The molecule has 0 unspecified atom stereocenters. The number of fused-ring (bicyclic) bond motifs is 1.